The molecule has 1 atom stereocenters. The van der Waals surface area contributed by atoms with Crippen molar-refractivity contribution in [2.75, 3.05) is 11.6 Å². The van der Waals surface area contributed by atoms with E-state index in [1.54, 1.807) is 60.7 Å². The number of anilines is 2. The fraction of sp³-hybridized carbons (Fsp3) is 0.174. The van der Waals surface area contributed by atoms with Gasteiger partial charge < -0.3 is 10.6 Å². The number of hydrogen-bond acceptors (Lipinski definition) is 5. The highest BCUT2D eigenvalue weighted by Gasteiger charge is 2.16. The predicted molar refractivity (Wildman–Crippen MR) is 123 cm³/mol. The summed E-state index contributed by atoms with van der Waals surface area (Å²) in [5, 5.41) is 6.06. The number of amides is 1. The summed E-state index contributed by atoms with van der Waals surface area (Å²) in [7, 11) is -3.29. The van der Waals surface area contributed by atoms with Crippen LogP contribution in [-0.2, 0) is 9.84 Å². The van der Waals surface area contributed by atoms with Crippen LogP contribution in [0.3, 0.4) is 0 Å². The molecule has 2 N–H and O–H groups in total. The van der Waals surface area contributed by atoms with Gasteiger partial charge >= 0.3 is 0 Å². The maximum absolute atomic E-state index is 12.9. The smallest absolute Gasteiger partial charge is 0.288 e. The standard InChI is InChI=1S/C23H22F2N2O3S2/c1-15(16-7-13-19(14-8-16)32(2,29)30)26-22(28)20-5-3-4-6-21(20)27-17-9-11-18(12-10-17)31-23(24)25/h3-15,23,27H,1-2H3,(H,26,28). The summed E-state index contributed by atoms with van der Waals surface area (Å²) in [5.74, 6) is -2.79. The lowest BCUT2D eigenvalue weighted by atomic mass is 10.1. The predicted octanol–water partition coefficient (Wildman–Crippen LogP) is 5.64. The highest BCUT2D eigenvalue weighted by molar-refractivity contribution is 7.99. The maximum atomic E-state index is 12.9. The van der Waals surface area contributed by atoms with Gasteiger partial charge in [-0.1, -0.05) is 36.0 Å². The normalized spacial score (nSPS) is 12.4. The quantitative estimate of drug-likeness (QED) is 0.412. The molecule has 3 rings (SSSR count). The van der Waals surface area contributed by atoms with Gasteiger partial charge in [0.05, 0.1) is 22.2 Å². The van der Waals surface area contributed by atoms with Crippen LogP contribution in [-0.4, -0.2) is 26.3 Å². The molecule has 0 aliphatic rings. The van der Waals surface area contributed by atoms with Crippen LogP contribution in [0, 0.1) is 0 Å². The minimum absolute atomic E-state index is 0.215. The van der Waals surface area contributed by atoms with Gasteiger partial charge in [0.1, 0.15) is 0 Å². The van der Waals surface area contributed by atoms with Gasteiger partial charge in [0.15, 0.2) is 9.84 Å². The Bertz CT molecular complexity index is 1180. The highest BCUT2D eigenvalue weighted by Crippen LogP contribution is 2.28. The number of para-hydroxylation sites is 1. The molecule has 0 spiro atoms. The van der Waals surface area contributed by atoms with Gasteiger partial charge in [0.25, 0.3) is 11.7 Å². The number of hydrogen-bond donors (Lipinski definition) is 2. The van der Waals surface area contributed by atoms with Crippen LogP contribution in [0.4, 0.5) is 20.2 Å². The van der Waals surface area contributed by atoms with E-state index in [-0.39, 0.29) is 16.8 Å². The molecule has 3 aromatic rings. The Morgan fingerprint density at radius 2 is 1.56 bits per heavy atom. The molecule has 0 saturated carbocycles. The molecule has 0 bridgehead atoms. The summed E-state index contributed by atoms with van der Waals surface area (Å²) in [5.41, 5.74) is 2.41. The third-order valence-corrected chi connectivity index (χ3v) is 6.54. The summed E-state index contributed by atoms with van der Waals surface area (Å²) < 4.78 is 48.2. The number of nitrogens with one attached hydrogen (secondary N) is 2. The molecule has 32 heavy (non-hydrogen) atoms. The molecule has 0 aliphatic heterocycles. The zero-order valence-electron chi connectivity index (χ0n) is 17.4. The van der Waals surface area contributed by atoms with Crippen molar-refractivity contribution in [1.29, 1.82) is 0 Å². The SMILES string of the molecule is CC(NC(=O)c1ccccc1Nc1ccc(SC(F)F)cc1)c1ccc(S(C)(=O)=O)cc1. The zero-order valence-corrected chi connectivity index (χ0v) is 19.0. The molecule has 1 unspecified atom stereocenters. The monoisotopic (exact) mass is 476 g/mol. The molecule has 5 nitrogen and oxygen atoms in total. The summed E-state index contributed by atoms with van der Waals surface area (Å²) in [4.78, 5) is 13.6. The largest absolute Gasteiger partial charge is 0.355 e. The van der Waals surface area contributed by atoms with Crippen molar-refractivity contribution in [2.45, 2.75) is 28.5 Å². The molecule has 0 aromatic heterocycles. The second kappa shape index (κ2) is 10.1. The first-order valence-corrected chi connectivity index (χ1v) is 12.4. The summed E-state index contributed by atoms with van der Waals surface area (Å²) in [6.45, 7) is 1.81. The van der Waals surface area contributed by atoms with Crippen LogP contribution in [0.5, 0.6) is 0 Å². The molecule has 9 heteroatoms. The number of benzene rings is 3. The summed E-state index contributed by atoms with van der Waals surface area (Å²) in [6.07, 6.45) is 1.14. The van der Waals surface area contributed by atoms with Crippen molar-refractivity contribution < 1.29 is 22.0 Å². The number of rotatable bonds is 8. The Morgan fingerprint density at radius 1 is 0.938 bits per heavy atom. The number of carbonyl (C=O) groups excluding carboxylic acids is 1. The number of alkyl halides is 2. The number of carbonyl (C=O) groups is 1. The van der Waals surface area contributed by atoms with Gasteiger partial charge in [-0.2, -0.15) is 8.78 Å². The van der Waals surface area contributed by atoms with Crippen molar-refractivity contribution in [3.05, 3.63) is 83.9 Å². The summed E-state index contributed by atoms with van der Waals surface area (Å²) in [6, 6.07) is 19.5. The van der Waals surface area contributed by atoms with Crippen molar-refractivity contribution in [2.24, 2.45) is 0 Å². The first-order valence-electron chi connectivity index (χ1n) is 9.65. The van der Waals surface area contributed by atoms with Crippen molar-refractivity contribution in [1.82, 2.24) is 5.32 Å². The van der Waals surface area contributed by atoms with Gasteiger partial charge in [-0.3, -0.25) is 4.79 Å². The van der Waals surface area contributed by atoms with Crippen molar-refractivity contribution in [3.63, 3.8) is 0 Å². The van der Waals surface area contributed by atoms with E-state index in [1.807, 2.05) is 6.92 Å². The average Bonchev–Trinajstić information content (AvgIpc) is 2.74. The molecule has 0 fully saturated rings. The Hall–Kier alpha value is -2.91. The molecule has 0 saturated heterocycles. The van der Waals surface area contributed by atoms with Crippen LogP contribution in [0.15, 0.2) is 82.6 Å². The van der Waals surface area contributed by atoms with E-state index in [0.717, 1.165) is 11.8 Å². The number of thioether (sulfide) groups is 1. The minimum atomic E-state index is -3.29. The zero-order chi connectivity index (χ0) is 23.3. The average molecular weight is 477 g/mol. The van der Waals surface area contributed by atoms with Crippen LogP contribution in [0.1, 0.15) is 28.9 Å². The van der Waals surface area contributed by atoms with Gasteiger partial charge in [0, 0.05) is 16.8 Å². The van der Waals surface area contributed by atoms with E-state index in [2.05, 4.69) is 10.6 Å². The van der Waals surface area contributed by atoms with Crippen LogP contribution < -0.4 is 10.6 Å². The Kier molecular flexibility index (Phi) is 7.52. The van der Waals surface area contributed by atoms with Crippen LogP contribution >= 0.6 is 11.8 Å². The van der Waals surface area contributed by atoms with E-state index in [1.165, 1.54) is 12.1 Å². The Morgan fingerprint density at radius 3 is 2.16 bits per heavy atom. The summed E-state index contributed by atoms with van der Waals surface area (Å²) >= 11 is 0.470. The van der Waals surface area contributed by atoms with Crippen molar-refractivity contribution in [3.8, 4) is 0 Å². The van der Waals surface area contributed by atoms with E-state index in [4.69, 9.17) is 0 Å². The Labute approximate surface area is 190 Å². The second-order valence-electron chi connectivity index (χ2n) is 7.11. The molecule has 0 radical (unpaired) electrons. The van der Waals surface area contributed by atoms with Crippen LogP contribution in [0.2, 0.25) is 0 Å². The first-order chi connectivity index (χ1) is 15.1. The van der Waals surface area contributed by atoms with Crippen molar-refractivity contribution >= 4 is 38.9 Å². The van der Waals surface area contributed by atoms with E-state index in [9.17, 15) is 22.0 Å². The molecular formula is C23H22F2N2O3S2. The van der Waals surface area contributed by atoms with Crippen LogP contribution in [0.25, 0.3) is 0 Å². The fourth-order valence-corrected chi connectivity index (χ4v) is 4.16. The molecule has 0 heterocycles. The molecular weight excluding hydrogens is 454 g/mol. The third-order valence-electron chi connectivity index (χ3n) is 4.69. The lowest BCUT2D eigenvalue weighted by Crippen LogP contribution is -2.27. The highest BCUT2D eigenvalue weighted by atomic mass is 32.2. The van der Waals surface area contributed by atoms with Gasteiger partial charge in [0.2, 0.25) is 0 Å². The van der Waals surface area contributed by atoms with E-state index < -0.39 is 15.6 Å². The third kappa shape index (κ3) is 6.30. The Balaban J connectivity index is 1.72. The number of sulfone groups is 1. The molecule has 1 amide bonds. The lowest BCUT2D eigenvalue weighted by molar-refractivity contribution is 0.0940. The number of halogens is 2. The fourth-order valence-electron chi connectivity index (χ4n) is 3.03. The topological polar surface area (TPSA) is 75.3 Å². The molecule has 168 valence electrons. The lowest BCUT2D eigenvalue weighted by Gasteiger charge is -2.17. The second-order valence-corrected chi connectivity index (χ2v) is 10.2. The minimum Gasteiger partial charge on any atom is -0.355 e. The molecule has 3 aromatic carbocycles. The van der Waals surface area contributed by atoms with Gasteiger partial charge in [-0.05, 0) is 61.0 Å². The van der Waals surface area contributed by atoms with Gasteiger partial charge in [-0.15, -0.1) is 0 Å². The molecule has 0 aliphatic carbocycles. The van der Waals surface area contributed by atoms with E-state index in [0.29, 0.717) is 33.6 Å². The van der Waals surface area contributed by atoms with Gasteiger partial charge in [-0.25, -0.2) is 8.42 Å². The first kappa shape index (κ1) is 23.7. The van der Waals surface area contributed by atoms with E-state index >= 15 is 0 Å². The maximum Gasteiger partial charge on any atom is 0.288 e.